The van der Waals surface area contributed by atoms with E-state index in [0.717, 1.165) is 36.0 Å². The largest absolute Gasteiger partial charge is 0.504 e. The first-order valence-electron chi connectivity index (χ1n) is 5.17. The molecule has 0 aliphatic heterocycles. The maximum Gasteiger partial charge on any atom is 0.192 e. The fourth-order valence-corrected chi connectivity index (χ4v) is 1.97. The van der Waals surface area contributed by atoms with E-state index in [-0.39, 0.29) is 5.78 Å². The quantitative estimate of drug-likeness (QED) is 0.397. The molecule has 1 aliphatic carbocycles. The first kappa shape index (κ1) is 9.97. The number of carbonyl (C=O) groups excluding carboxylic acids is 1. The predicted molar refractivity (Wildman–Crippen MR) is 58.8 cm³/mol. The molecule has 0 heterocycles. The van der Waals surface area contributed by atoms with Gasteiger partial charge in [-0.2, -0.15) is 0 Å². The van der Waals surface area contributed by atoms with Crippen LogP contribution in [0.15, 0.2) is 36.1 Å². The fraction of sp³-hybridized carbons (Fsp3) is 0.308. The van der Waals surface area contributed by atoms with E-state index in [2.05, 4.69) is 0 Å². The molecule has 2 heteroatoms. The summed E-state index contributed by atoms with van der Waals surface area (Å²) in [5, 5.41) is 0. The van der Waals surface area contributed by atoms with Crippen molar-refractivity contribution in [2.24, 2.45) is 0 Å². The van der Waals surface area contributed by atoms with Crippen molar-refractivity contribution in [3.05, 3.63) is 47.2 Å². The molecule has 0 aromatic heterocycles. The predicted octanol–water partition coefficient (Wildman–Crippen LogP) is 2.74. The average molecular weight is 202 g/mol. The summed E-state index contributed by atoms with van der Waals surface area (Å²) in [5.41, 5.74) is 2.77. The lowest BCUT2D eigenvalue weighted by Crippen LogP contribution is -2.03. The Morgan fingerprint density at radius 2 is 2.07 bits per heavy atom. The third kappa shape index (κ3) is 1.94. The number of ether oxygens (including phenoxy) is 1. The molecule has 78 valence electrons. The Kier molecular flexibility index (Phi) is 2.86. The van der Waals surface area contributed by atoms with Crippen molar-refractivity contribution in [3.8, 4) is 0 Å². The SMILES string of the molecule is CO/C=C1\CCCc2ccccc2C1=O. The Hall–Kier alpha value is -1.57. The molecular weight excluding hydrogens is 188 g/mol. The number of allylic oxidation sites excluding steroid dienone is 1. The van der Waals surface area contributed by atoms with E-state index < -0.39 is 0 Å². The number of methoxy groups -OCH3 is 1. The second-order valence-electron chi connectivity index (χ2n) is 3.72. The van der Waals surface area contributed by atoms with Crippen molar-refractivity contribution in [1.82, 2.24) is 0 Å². The number of Topliss-reactive ketones (excluding diaryl/α,β-unsaturated/α-hetero) is 1. The highest BCUT2D eigenvalue weighted by atomic mass is 16.5. The molecule has 1 aromatic rings. The summed E-state index contributed by atoms with van der Waals surface area (Å²) in [6.45, 7) is 0. The molecule has 1 aromatic carbocycles. The lowest BCUT2D eigenvalue weighted by Gasteiger charge is -2.03. The van der Waals surface area contributed by atoms with Crippen LogP contribution in [0.3, 0.4) is 0 Å². The van der Waals surface area contributed by atoms with Gasteiger partial charge >= 0.3 is 0 Å². The first-order valence-corrected chi connectivity index (χ1v) is 5.17. The summed E-state index contributed by atoms with van der Waals surface area (Å²) in [4.78, 5) is 12.1. The summed E-state index contributed by atoms with van der Waals surface area (Å²) in [6, 6.07) is 7.82. The Bertz CT molecular complexity index is 405. The number of rotatable bonds is 1. The summed E-state index contributed by atoms with van der Waals surface area (Å²) in [7, 11) is 1.58. The third-order valence-corrected chi connectivity index (χ3v) is 2.71. The van der Waals surface area contributed by atoms with Crippen molar-refractivity contribution in [1.29, 1.82) is 0 Å². The zero-order valence-corrected chi connectivity index (χ0v) is 8.82. The monoisotopic (exact) mass is 202 g/mol. The van der Waals surface area contributed by atoms with Crippen LogP contribution in [0.25, 0.3) is 0 Å². The topological polar surface area (TPSA) is 26.3 Å². The van der Waals surface area contributed by atoms with Gasteiger partial charge in [-0.3, -0.25) is 4.79 Å². The third-order valence-electron chi connectivity index (χ3n) is 2.71. The molecule has 1 aliphatic rings. The van der Waals surface area contributed by atoms with E-state index in [1.54, 1.807) is 13.4 Å². The van der Waals surface area contributed by atoms with Crippen LogP contribution in [0.5, 0.6) is 0 Å². The van der Waals surface area contributed by atoms with Gasteiger partial charge in [-0.1, -0.05) is 24.3 Å². The van der Waals surface area contributed by atoms with Gasteiger partial charge in [0.1, 0.15) is 0 Å². The van der Waals surface area contributed by atoms with Crippen molar-refractivity contribution >= 4 is 5.78 Å². The molecule has 0 saturated heterocycles. The van der Waals surface area contributed by atoms with E-state index in [1.165, 1.54) is 0 Å². The van der Waals surface area contributed by atoms with E-state index in [1.807, 2.05) is 24.3 Å². The molecule has 0 saturated carbocycles. The molecule has 0 fully saturated rings. The van der Waals surface area contributed by atoms with Crippen LogP contribution in [0.4, 0.5) is 0 Å². The molecule has 0 unspecified atom stereocenters. The number of hydrogen-bond acceptors (Lipinski definition) is 2. The Morgan fingerprint density at radius 1 is 1.27 bits per heavy atom. The van der Waals surface area contributed by atoms with Crippen LogP contribution in [-0.4, -0.2) is 12.9 Å². The molecule has 2 rings (SSSR count). The van der Waals surface area contributed by atoms with Crippen molar-refractivity contribution in [2.75, 3.05) is 7.11 Å². The van der Waals surface area contributed by atoms with Gasteiger partial charge in [-0.05, 0) is 24.8 Å². The Morgan fingerprint density at radius 3 is 2.87 bits per heavy atom. The highest BCUT2D eigenvalue weighted by Gasteiger charge is 2.19. The van der Waals surface area contributed by atoms with E-state index >= 15 is 0 Å². The highest BCUT2D eigenvalue weighted by molar-refractivity contribution is 6.09. The lowest BCUT2D eigenvalue weighted by molar-refractivity contribution is 0.102. The first-order chi connectivity index (χ1) is 7.33. The number of carbonyl (C=O) groups is 1. The van der Waals surface area contributed by atoms with Crippen molar-refractivity contribution in [3.63, 3.8) is 0 Å². The number of aryl methyl sites for hydroxylation is 1. The molecule has 0 spiro atoms. The molecule has 2 nitrogen and oxygen atoms in total. The van der Waals surface area contributed by atoms with Gasteiger partial charge in [-0.25, -0.2) is 0 Å². The fourth-order valence-electron chi connectivity index (χ4n) is 1.97. The summed E-state index contributed by atoms with van der Waals surface area (Å²) >= 11 is 0. The Labute approximate surface area is 89.6 Å². The second kappa shape index (κ2) is 4.30. The van der Waals surface area contributed by atoms with E-state index in [4.69, 9.17) is 4.74 Å². The lowest BCUT2D eigenvalue weighted by atomic mass is 10.0. The van der Waals surface area contributed by atoms with Gasteiger partial charge in [0.15, 0.2) is 5.78 Å². The van der Waals surface area contributed by atoms with Gasteiger partial charge in [-0.15, -0.1) is 0 Å². The number of hydrogen-bond donors (Lipinski definition) is 0. The standard InChI is InChI=1S/C13H14O2/c1-15-9-11-7-4-6-10-5-2-3-8-12(10)13(11)14/h2-3,5,8-9H,4,6-7H2,1H3/b11-9+. The number of benzene rings is 1. The second-order valence-corrected chi connectivity index (χ2v) is 3.72. The van der Waals surface area contributed by atoms with Gasteiger partial charge in [0, 0.05) is 11.1 Å². The number of fused-ring (bicyclic) bond motifs is 1. The zero-order chi connectivity index (χ0) is 10.7. The minimum absolute atomic E-state index is 0.116. The molecule has 15 heavy (non-hydrogen) atoms. The van der Waals surface area contributed by atoms with Crippen molar-refractivity contribution < 1.29 is 9.53 Å². The molecule has 0 amide bonds. The maximum atomic E-state index is 12.1. The summed E-state index contributed by atoms with van der Waals surface area (Å²) in [5.74, 6) is 0.116. The zero-order valence-electron chi connectivity index (χ0n) is 8.82. The average Bonchev–Trinajstić information content (AvgIpc) is 2.41. The van der Waals surface area contributed by atoms with Gasteiger partial charge in [0.2, 0.25) is 0 Å². The Balaban J connectivity index is 2.43. The van der Waals surface area contributed by atoms with Crippen LogP contribution < -0.4 is 0 Å². The number of ketones is 1. The summed E-state index contributed by atoms with van der Waals surface area (Å²) < 4.78 is 4.94. The van der Waals surface area contributed by atoms with Crippen LogP contribution in [0.1, 0.15) is 28.8 Å². The van der Waals surface area contributed by atoms with E-state index in [9.17, 15) is 4.79 Å². The molecule has 0 bridgehead atoms. The van der Waals surface area contributed by atoms with Gasteiger partial charge in [0.25, 0.3) is 0 Å². The smallest absolute Gasteiger partial charge is 0.192 e. The highest BCUT2D eigenvalue weighted by Crippen LogP contribution is 2.23. The minimum Gasteiger partial charge on any atom is -0.504 e. The van der Waals surface area contributed by atoms with Crippen molar-refractivity contribution in [2.45, 2.75) is 19.3 Å². The maximum absolute atomic E-state index is 12.1. The van der Waals surface area contributed by atoms with Crippen LogP contribution in [0, 0.1) is 0 Å². The van der Waals surface area contributed by atoms with E-state index in [0.29, 0.717) is 0 Å². The molecule has 0 N–H and O–H groups in total. The van der Waals surface area contributed by atoms with Gasteiger partial charge < -0.3 is 4.74 Å². The van der Waals surface area contributed by atoms with Crippen LogP contribution in [-0.2, 0) is 11.2 Å². The van der Waals surface area contributed by atoms with Crippen LogP contribution >= 0.6 is 0 Å². The minimum atomic E-state index is 0.116. The normalized spacial score (nSPS) is 18.5. The van der Waals surface area contributed by atoms with Gasteiger partial charge in [0.05, 0.1) is 13.4 Å². The summed E-state index contributed by atoms with van der Waals surface area (Å²) in [6.07, 6.45) is 4.37. The van der Waals surface area contributed by atoms with Crippen LogP contribution in [0.2, 0.25) is 0 Å². The molecular formula is C13H14O2. The molecule has 0 atom stereocenters. The molecule has 0 radical (unpaired) electrons.